The highest BCUT2D eigenvalue weighted by atomic mass is 16.5. The second-order valence-electron chi connectivity index (χ2n) is 8.89. The first kappa shape index (κ1) is 22.9. The Morgan fingerprint density at radius 2 is 2.12 bits per heavy atom. The number of aromatic nitrogens is 4. The first-order valence-electron chi connectivity index (χ1n) is 11.5. The van der Waals surface area contributed by atoms with Gasteiger partial charge in [-0.3, -0.25) is 14.4 Å². The normalized spacial score (nSPS) is 16.8. The number of nitrogens with two attached hydrogens (primary N) is 1. The van der Waals surface area contributed by atoms with Gasteiger partial charge < -0.3 is 10.5 Å². The van der Waals surface area contributed by atoms with Crippen LogP contribution in [0.1, 0.15) is 72.2 Å². The third kappa shape index (κ3) is 5.57. The highest BCUT2D eigenvalue weighted by molar-refractivity contribution is 5.93. The summed E-state index contributed by atoms with van der Waals surface area (Å²) in [5, 5.41) is 4.36. The van der Waals surface area contributed by atoms with Gasteiger partial charge in [0.1, 0.15) is 11.6 Å². The lowest BCUT2D eigenvalue weighted by atomic mass is 9.99. The van der Waals surface area contributed by atoms with E-state index in [-0.39, 0.29) is 12.1 Å². The van der Waals surface area contributed by atoms with Crippen LogP contribution in [0.3, 0.4) is 0 Å². The largest absolute Gasteiger partial charge is 0.491 e. The van der Waals surface area contributed by atoms with Crippen molar-refractivity contribution in [2.75, 3.05) is 6.54 Å². The van der Waals surface area contributed by atoms with E-state index in [1.807, 2.05) is 37.7 Å². The summed E-state index contributed by atoms with van der Waals surface area (Å²) >= 11 is 0. The van der Waals surface area contributed by atoms with Gasteiger partial charge in [-0.05, 0) is 63.9 Å². The molecule has 0 unspecified atom stereocenters. The Bertz CT molecular complexity index is 1100. The maximum Gasteiger partial charge on any atom is 0.252 e. The zero-order valence-corrected chi connectivity index (χ0v) is 19.6. The molecule has 2 aromatic heterocycles. The van der Waals surface area contributed by atoms with Crippen LogP contribution in [0.5, 0.6) is 5.75 Å². The lowest BCUT2D eigenvalue weighted by molar-refractivity contribution is 0.0998. The summed E-state index contributed by atoms with van der Waals surface area (Å²) < 4.78 is 7.97. The van der Waals surface area contributed by atoms with Crippen molar-refractivity contribution >= 4 is 5.91 Å². The van der Waals surface area contributed by atoms with Gasteiger partial charge in [-0.2, -0.15) is 5.10 Å². The highest BCUT2D eigenvalue weighted by Gasteiger charge is 2.27. The van der Waals surface area contributed by atoms with E-state index in [2.05, 4.69) is 38.2 Å². The Kier molecular flexibility index (Phi) is 7.03. The molecule has 0 aliphatic carbocycles. The number of piperidine rings is 1. The number of rotatable bonds is 8. The van der Waals surface area contributed by atoms with Crippen molar-refractivity contribution in [1.29, 1.82) is 0 Å². The van der Waals surface area contributed by atoms with E-state index in [1.54, 1.807) is 12.4 Å². The molecule has 0 saturated carbocycles. The third-order valence-electron chi connectivity index (χ3n) is 5.94. The second-order valence-corrected chi connectivity index (χ2v) is 8.89. The predicted molar refractivity (Wildman–Crippen MR) is 126 cm³/mol. The molecule has 174 valence electrons. The van der Waals surface area contributed by atoms with Crippen molar-refractivity contribution in [3.63, 3.8) is 0 Å². The fourth-order valence-electron chi connectivity index (χ4n) is 4.39. The predicted octanol–water partition coefficient (Wildman–Crippen LogP) is 3.64. The Morgan fingerprint density at radius 1 is 1.27 bits per heavy atom. The van der Waals surface area contributed by atoms with Crippen molar-refractivity contribution in [3.05, 3.63) is 71.1 Å². The number of aryl methyl sites for hydroxylation is 1. The molecule has 8 heteroatoms. The third-order valence-corrected chi connectivity index (χ3v) is 5.94. The zero-order chi connectivity index (χ0) is 23.4. The maximum absolute atomic E-state index is 11.6. The molecule has 33 heavy (non-hydrogen) atoms. The van der Waals surface area contributed by atoms with Gasteiger partial charge in [-0.1, -0.05) is 12.5 Å². The maximum atomic E-state index is 11.6. The average molecular weight is 449 g/mol. The van der Waals surface area contributed by atoms with Gasteiger partial charge in [-0.15, -0.1) is 0 Å². The van der Waals surface area contributed by atoms with Crippen LogP contribution in [0.4, 0.5) is 0 Å². The van der Waals surface area contributed by atoms with Crippen molar-refractivity contribution < 1.29 is 9.53 Å². The molecule has 3 aromatic rings. The number of primary amides is 1. The number of hydrogen-bond acceptors (Lipinski definition) is 6. The summed E-state index contributed by atoms with van der Waals surface area (Å²) in [6.07, 6.45) is 8.67. The average Bonchev–Trinajstić information content (AvgIpc) is 3.28. The van der Waals surface area contributed by atoms with Crippen LogP contribution in [-0.2, 0) is 13.1 Å². The molecule has 1 atom stereocenters. The number of hydrogen-bond donors (Lipinski definition) is 1. The number of ether oxygens (including phenoxy) is 1. The van der Waals surface area contributed by atoms with Crippen LogP contribution >= 0.6 is 0 Å². The molecule has 8 nitrogen and oxygen atoms in total. The number of nitrogens with zero attached hydrogens (tertiary/aromatic N) is 5. The fourth-order valence-corrected chi connectivity index (χ4v) is 4.39. The number of carbonyl (C=O) groups is 1. The van der Waals surface area contributed by atoms with Gasteiger partial charge in [0.2, 0.25) is 0 Å². The van der Waals surface area contributed by atoms with E-state index in [4.69, 9.17) is 10.5 Å². The molecule has 1 fully saturated rings. The molecule has 1 saturated heterocycles. The minimum Gasteiger partial charge on any atom is -0.491 e. The molecule has 2 N–H and O–H groups in total. The number of amides is 1. The zero-order valence-electron chi connectivity index (χ0n) is 19.6. The van der Waals surface area contributed by atoms with Crippen LogP contribution in [0, 0.1) is 6.92 Å². The number of benzene rings is 1. The Balaban J connectivity index is 1.58. The van der Waals surface area contributed by atoms with E-state index in [0.717, 1.165) is 49.5 Å². The molecular formula is C25H32N6O2. The smallest absolute Gasteiger partial charge is 0.252 e. The Labute approximate surface area is 194 Å². The van der Waals surface area contributed by atoms with Crippen LogP contribution in [0.25, 0.3) is 0 Å². The minimum absolute atomic E-state index is 0.0995. The van der Waals surface area contributed by atoms with Crippen molar-refractivity contribution in [3.8, 4) is 5.75 Å². The summed E-state index contributed by atoms with van der Waals surface area (Å²) in [7, 11) is 0. The summed E-state index contributed by atoms with van der Waals surface area (Å²) in [4.78, 5) is 23.1. The van der Waals surface area contributed by atoms with Crippen LogP contribution in [0.15, 0.2) is 42.9 Å². The summed E-state index contributed by atoms with van der Waals surface area (Å²) in [5.74, 6) is 1.15. The van der Waals surface area contributed by atoms with E-state index < -0.39 is 5.91 Å². The first-order chi connectivity index (χ1) is 15.9. The SMILES string of the molecule is Cc1nc([C@H]2CCCCN2Cc2ccc(OC(C)C)c(Cn3cccn3)c2)ncc1C(N)=O. The van der Waals surface area contributed by atoms with Gasteiger partial charge in [0.25, 0.3) is 5.91 Å². The van der Waals surface area contributed by atoms with Crippen LogP contribution in [-0.4, -0.2) is 43.2 Å². The van der Waals surface area contributed by atoms with E-state index in [9.17, 15) is 4.79 Å². The van der Waals surface area contributed by atoms with Gasteiger partial charge in [0.15, 0.2) is 0 Å². The first-order valence-corrected chi connectivity index (χ1v) is 11.5. The second kappa shape index (κ2) is 10.1. The lowest BCUT2D eigenvalue weighted by Gasteiger charge is -2.35. The van der Waals surface area contributed by atoms with Crippen LogP contribution in [0.2, 0.25) is 0 Å². The van der Waals surface area contributed by atoms with E-state index >= 15 is 0 Å². The van der Waals surface area contributed by atoms with Gasteiger partial charge >= 0.3 is 0 Å². The molecule has 1 aliphatic heterocycles. The topological polar surface area (TPSA) is 99.2 Å². The quantitative estimate of drug-likeness (QED) is 0.565. The van der Waals surface area contributed by atoms with Gasteiger partial charge in [0, 0.05) is 30.7 Å². The minimum atomic E-state index is -0.493. The van der Waals surface area contributed by atoms with Crippen molar-refractivity contribution in [2.45, 2.75) is 65.3 Å². The molecule has 1 amide bonds. The van der Waals surface area contributed by atoms with Crippen LogP contribution < -0.4 is 10.5 Å². The molecule has 4 rings (SSSR count). The van der Waals surface area contributed by atoms with Gasteiger partial charge in [-0.25, -0.2) is 9.97 Å². The molecular weight excluding hydrogens is 416 g/mol. The molecule has 1 aliphatic rings. The number of likely N-dealkylation sites (tertiary alicyclic amines) is 1. The summed E-state index contributed by atoms with van der Waals surface area (Å²) in [6, 6.07) is 8.46. The summed E-state index contributed by atoms with van der Waals surface area (Å²) in [6.45, 7) is 8.31. The highest BCUT2D eigenvalue weighted by Crippen LogP contribution is 2.31. The van der Waals surface area contributed by atoms with E-state index in [0.29, 0.717) is 17.8 Å². The molecule has 1 aromatic carbocycles. The summed E-state index contributed by atoms with van der Waals surface area (Å²) in [5.41, 5.74) is 8.77. The Hall–Kier alpha value is -3.26. The molecule has 0 bridgehead atoms. The lowest BCUT2D eigenvalue weighted by Crippen LogP contribution is -2.34. The fraction of sp³-hybridized carbons (Fsp3) is 0.440. The Morgan fingerprint density at radius 3 is 2.82 bits per heavy atom. The van der Waals surface area contributed by atoms with Gasteiger partial charge in [0.05, 0.1) is 29.9 Å². The van der Waals surface area contributed by atoms with E-state index in [1.165, 1.54) is 5.56 Å². The van der Waals surface area contributed by atoms with Crippen molar-refractivity contribution in [2.24, 2.45) is 5.73 Å². The number of carbonyl (C=O) groups excluding carboxylic acids is 1. The van der Waals surface area contributed by atoms with Crippen molar-refractivity contribution in [1.82, 2.24) is 24.6 Å². The molecule has 0 radical (unpaired) electrons. The molecule has 0 spiro atoms. The standard InChI is InChI=1S/C25H32N6O2/c1-17(2)33-23-9-8-19(13-20(23)16-31-12-6-10-28-31)15-30-11-5-4-7-22(30)25-27-14-21(24(26)32)18(3)29-25/h6,8-10,12-14,17,22H,4-5,7,11,15-16H2,1-3H3,(H2,26,32)/t22-/m1/s1. The monoisotopic (exact) mass is 448 g/mol. The molecule has 3 heterocycles.